The number of rotatable bonds is 24. The number of carbonyl (C=O) groups is 6. The zero-order valence-electron chi connectivity index (χ0n) is 35.0. The quantitative estimate of drug-likeness (QED) is 0.0382. The second-order valence-corrected chi connectivity index (χ2v) is 14.3. The van der Waals surface area contributed by atoms with Gasteiger partial charge in [0.05, 0.1) is 20.8 Å². The van der Waals surface area contributed by atoms with Crippen molar-refractivity contribution in [2.75, 3.05) is 47.3 Å². The molecule has 320 valence electrons. The lowest BCUT2D eigenvalue weighted by atomic mass is 9.91. The van der Waals surface area contributed by atoms with E-state index < -0.39 is 61.1 Å². The topological polar surface area (TPSA) is 167 Å². The number of unbranched alkanes of at least 4 members (excludes halogenated alkanes) is 2. The molecule has 3 aromatic carbocycles. The summed E-state index contributed by atoms with van der Waals surface area (Å²) >= 11 is 0. The Morgan fingerprint density at radius 1 is 0.583 bits per heavy atom. The van der Waals surface area contributed by atoms with Crippen LogP contribution in [0.25, 0.3) is 21.9 Å². The maximum absolute atomic E-state index is 12.7. The van der Waals surface area contributed by atoms with Gasteiger partial charge in [0.1, 0.15) is 37.6 Å². The molecule has 0 aliphatic heterocycles. The maximum atomic E-state index is 12.7. The largest absolute Gasteiger partial charge is 0.492 e. The van der Waals surface area contributed by atoms with Gasteiger partial charge in [-0.15, -0.1) is 0 Å². The molecule has 3 aromatic rings. The van der Waals surface area contributed by atoms with Crippen molar-refractivity contribution in [1.29, 1.82) is 0 Å². The lowest BCUT2D eigenvalue weighted by Crippen LogP contribution is -2.44. The average molecular weight is 827 g/mol. The number of ether oxygens (including phenoxy) is 7. The molecule has 0 amide bonds. The molecule has 0 atom stereocenters. The van der Waals surface area contributed by atoms with Crippen LogP contribution in [0.2, 0.25) is 0 Å². The van der Waals surface area contributed by atoms with Crippen LogP contribution in [0.1, 0.15) is 57.6 Å². The van der Waals surface area contributed by atoms with Crippen LogP contribution in [-0.4, -0.2) is 83.1 Å². The Bertz CT molecular complexity index is 2050. The van der Waals surface area contributed by atoms with Gasteiger partial charge in [-0.25, -0.2) is 28.8 Å². The first kappa shape index (κ1) is 47.9. The first-order valence-electron chi connectivity index (χ1n) is 19.5. The summed E-state index contributed by atoms with van der Waals surface area (Å²) in [6.45, 7) is 10.7. The predicted octanol–water partition coefficient (Wildman–Crippen LogP) is 7.32. The second kappa shape index (κ2) is 24.4. The number of aryl methyl sites for hydroxylation is 2. The molecule has 60 heavy (non-hydrogen) atoms. The summed E-state index contributed by atoms with van der Waals surface area (Å²) in [7, 11) is 2.28. The zero-order chi connectivity index (χ0) is 44.1. The van der Waals surface area contributed by atoms with Gasteiger partial charge in [0.15, 0.2) is 0 Å². The van der Waals surface area contributed by atoms with Gasteiger partial charge < -0.3 is 33.2 Å². The van der Waals surface area contributed by atoms with E-state index in [-0.39, 0.29) is 24.4 Å². The molecular formula is C47H54O13. The molecule has 0 radical (unpaired) electrons. The van der Waals surface area contributed by atoms with Gasteiger partial charge in [-0.05, 0) is 90.8 Å². The lowest BCUT2D eigenvalue weighted by molar-refractivity contribution is -0.159. The van der Waals surface area contributed by atoms with Crippen LogP contribution in [0.15, 0.2) is 103 Å². The third-order valence-electron chi connectivity index (χ3n) is 9.09. The van der Waals surface area contributed by atoms with Gasteiger partial charge >= 0.3 is 35.8 Å². The summed E-state index contributed by atoms with van der Waals surface area (Å²) < 4.78 is 37.3. The van der Waals surface area contributed by atoms with Crippen molar-refractivity contribution < 1.29 is 61.9 Å². The summed E-state index contributed by atoms with van der Waals surface area (Å²) in [5, 5.41) is 2.22. The minimum Gasteiger partial charge on any atom is -0.492 e. The van der Waals surface area contributed by atoms with Crippen molar-refractivity contribution in [1.82, 2.24) is 0 Å². The Kier molecular flexibility index (Phi) is 19.5. The summed E-state index contributed by atoms with van der Waals surface area (Å²) in [5.41, 5.74) is 2.69. The fourth-order valence-corrected chi connectivity index (χ4v) is 5.63. The smallest absolute Gasteiger partial charge is 0.333 e. The molecule has 0 bridgehead atoms. The molecule has 0 aromatic heterocycles. The third-order valence-corrected chi connectivity index (χ3v) is 9.09. The van der Waals surface area contributed by atoms with Crippen molar-refractivity contribution in [2.24, 2.45) is 5.41 Å². The van der Waals surface area contributed by atoms with E-state index in [4.69, 9.17) is 23.7 Å². The van der Waals surface area contributed by atoms with Crippen LogP contribution in [-0.2, 0) is 70.0 Å². The molecule has 13 nitrogen and oxygen atoms in total. The highest BCUT2D eigenvalue weighted by Gasteiger charge is 2.37. The Balaban J connectivity index is 2.02. The molecule has 0 fully saturated rings. The van der Waals surface area contributed by atoms with Gasteiger partial charge in [-0.1, -0.05) is 69.3 Å². The van der Waals surface area contributed by atoms with E-state index in [0.29, 0.717) is 18.6 Å². The molecular weight excluding hydrogens is 773 g/mol. The van der Waals surface area contributed by atoms with Gasteiger partial charge in [-0.3, -0.25) is 0 Å². The third kappa shape index (κ3) is 16.0. The number of carbonyl (C=O) groups excluding carboxylic acids is 6. The van der Waals surface area contributed by atoms with E-state index in [1.807, 2.05) is 12.1 Å². The number of fused-ring (bicyclic) bond motifs is 1. The highest BCUT2D eigenvalue weighted by atomic mass is 16.6. The molecule has 3 rings (SSSR count). The van der Waals surface area contributed by atoms with Crippen molar-refractivity contribution in [3.63, 3.8) is 0 Å². The number of esters is 6. The van der Waals surface area contributed by atoms with Crippen LogP contribution in [0.3, 0.4) is 0 Å². The van der Waals surface area contributed by atoms with Crippen molar-refractivity contribution in [2.45, 2.75) is 59.3 Å². The summed E-state index contributed by atoms with van der Waals surface area (Å²) in [6, 6.07) is 18.4. The molecule has 0 spiro atoms. The fourth-order valence-electron chi connectivity index (χ4n) is 5.63. The molecule has 0 aliphatic rings. The Morgan fingerprint density at radius 3 is 1.72 bits per heavy atom. The monoisotopic (exact) mass is 826 g/mol. The minimum absolute atomic E-state index is 0.0761. The average Bonchev–Trinajstić information content (AvgIpc) is 3.25. The maximum Gasteiger partial charge on any atom is 0.333 e. The fraction of sp³-hybridized carbons (Fsp3) is 0.362. The Hall–Kier alpha value is -6.50. The van der Waals surface area contributed by atoms with Crippen molar-refractivity contribution in [3.05, 3.63) is 114 Å². The molecule has 0 aliphatic carbocycles. The van der Waals surface area contributed by atoms with Crippen molar-refractivity contribution >= 4 is 46.6 Å². The van der Waals surface area contributed by atoms with Gasteiger partial charge in [0.2, 0.25) is 0 Å². The highest BCUT2D eigenvalue weighted by Crippen LogP contribution is 2.32. The van der Waals surface area contributed by atoms with E-state index in [9.17, 15) is 28.8 Å². The molecule has 0 saturated carbocycles. The van der Waals surface area contributed by atoms with E-state index >= 15 is 0 Å². The molecule has 0 N–H and O–H groups in total. The van der Waals surface area contributed by atoms with Crippen molar-refractivity contribution in [3.8, 4) is 16.9 Å². The van der Waals surface area contributed by atoms with E-state index in [1.54, 1.807) is 13.0 Å². The van der Waals surface area contributed by atoms with Gasteiger partial charge in [0.25, 0.3) is 0 Å². The first-order chi connectivity index (χ1) is 28.7. The van der Waals surface area contributed by atoms with Crippen LogP contribution in [0, 0.1) is 5.41 Å². The lowest BCUT2D eigenvalue weighted by Gasteiger charge is -2.32. The molecule has 0 saturated heterocycles. The number of methoxy groups -OCH3 is 2. The summed E-state index contributed by atoms with van der Waals surface area (Å²) in [4.78, 5) is 73.4. The zero-order valence-corrected chi connectivity index (χ0v) is 35.0. The minimum atomic E-state index is -1.55. The van der Waals surface area contributed by atoms with E-state index in [0.717, 1.165) is 85.2 Å². The van der Waals surface area contributed by atoms with Crippen LogP contribution in [0.5, 0.6) is 5.75 Å². The SMILES string of the molecule is C=C(C)C(=O)OCCCc1cc(-c2ccc3cc(CCCCC)ccc3c2)ccc1OCC(COC(=O)/C=C/C(=O)OC)(COC(=O)/C=C/C(=O)OC)COC(=O)C(=C)C. The normalized spacial score (nSPS) is 11.2. The Labute approximate surface area is 350 Å². The summed E-state index contributed by atoms with van der Waals surface area (Å²) in [5.74, 6) is -4.40. The first-order valence-corrected chi connectivity index (χ1v) is 19.5. The number of hydrogen-bond donors (Lipinski definition) is 0. The molecule has 13 heteroatoms. The second-order valence-electron chi connectivity index (χ2n) is 14.3. The van der Waals surface area contributed by atoms with Crippen LogP contribution < -0.4 is 4.74 Å². The van der Waals surface area contributed by atoms with Gasteiger partial charge in [-0.2, -0.15) is 0 Å². The van der Waals surface area contributed by atoms with E-state index in [2.05, 4.69) is 66.0 Å². The molecule has 0 unspecified atom stereocenters. The number of benzene rings is 3. The predicted molar refractivity (Wildman–Crippen MR) is 225 cm³/mol. The highest BCUT2D eigenvalue weighted by molar-refractivity contribution is 5.92. The molecule has 0 heterocycles. The van der Waals surface area contributed by atoms with Crippen LogP contribution >= 0.6 is 0 Å². The Morgan fingerprint density at radius 2 is 1.12 bits per heavy atom. The number of hydrogen-bond acceptors (Lipinski definition) is 13. The van der Waals surface area contributed by atoms with E-state index in [1.165, 1.54) is 18.9 Å². The van der Waals surface area contributed by atoms with Crippen LogP contribution in [0.4, 0.5) is 0 Å². The standard InChI is InChI=1S/C47H54O13/c1-8-9-10-12-34-14-15-36-26-37(17-16-35(36)25-34)38-18-19-40(39(27-38)13-11-24-56-45(52)32(2)3)57-28-47(31-60-46(53)33(4)5,29-58-43(50)22-20-41(48)54-6)30-59-44(51)23-21-42(49)55-7/h14-23,25-27H,2,4,8-13,24,28-31H2,1,3,5-7H3/b22-20+,23-21+. The summed E-state index contributed by atoms with van der Waals surface area (Å²) in [6.07, 6.45) is 8.76. The van der Waals surface area contributed by atoms with Gasteiger partial charge in [0, 0.05) is 35.5 Å².